The van der Waals surface area contributed by atoms with Crippen molar-refractivity contribution in [2.24, 2.45) is 0 Å². The van der Waals surface area contributed by atoms with Gasteiger partial charge in [-0.1, -0.05) is 12.1 Å². The van der Waals surface area contributed by atoms with E-state index < -0.39 is 20.3 Å². The summed E-state index contributed by atoms with van der Waals surface area (Å²) in [6.45, 7) is 5.73. The molecule has 5 heteroatoms. The highest BCUT2D eigenvalue weighted by Gasteiger charge is 2.24. The molecule has 0 N–H and O–H groups in total. The van der Waals surface area contributed by atoms with Crippen molar-refractivity contribution >= 4 is 20.3 Å². The van der Waals surface area contributed by atoms with Crippen LogP contribution in [0.5, 0.6) is 0 Å². The lowest BCUT2D eigenvalue weighted by Crippen LogP contribution is -2.30. The summed E-state index contributed by atoms with van der Waals surface area (Å²) in [5.41, 5.74) is 0.486. The van der Waals surface area contributed by atoms with Gasteiger partial charge < -0.3 is 9.16 Å². The van der Waals surface area contributed by atoms with E-state index in [0.29, 0.717) is 0 Å². The number of hydrogen-bond acceptors (Lipinski definition) is 4. The minimum Gasteiger partial charge on any atom is -0.516 e. The molecule has 0 aromatic heterocycles. The van der Waals surface area contributed by atoms with Crippen LogP contribution in [-0.2, 0) is 9.16 Å². The predicted molar refractivity (Wildman–Crippen MR) is 66.5 cm³/mol. The van der Waals surface area contributed by atoms with Crippen LogP contribution in [0.1, 0.15) is 20.7 Å². The maximum absolute atomic E-state index is 11.9. The van der Waals surface area contributed by atoms with Crippen LogP contribution in [0.15, 0.2) is 24.3 Å². The van der Waals surface area contributed by atoms with Gasteiger partial charge in [-0.25, -0.2) is 9.59 Å². The van der Waals surface area contributed by atoms with Crippen LogP contribution in [0.2, 0.25) is 19.6 Å². The quantitative estimate of drug-likeness (QED) is 0.612. The van der Waals surface area contributed by atoms with Crippen LogP contribution in [0, 0.1) is 0 Å². The molecule has 0 aliphatic rings. The minimum atomic E-state index is -1.97. The summed E-state index contributed by atoms with van der Waals surface area (Å²) in [5.74, 6) is -1.00. The molecule has 92 valence electrons. The van der Waals surface area contributed by atoms with Crippen molar-refractivity contribution in [3.63, 3.8) is 0 Å². The number of carbonyl (C=O) groups excluding carboxylic acids is 2. The second-order valence-corrected chi connectivity index (χ2v) is 8.97. The molecular formula is C12H16O4Si. The Balaban J connectivity index is 3.05. The lowest BCUT2D eigenvalue weighted by Gasteiger charge is -2.18. The Morgan fingerprint density at radius 1 is 1.00 bits per heavy atom. The van der Waals surface area contributed by atoms with Crippen molar-refractivity contribution in [3.8, 4) is 0 Å². The second kappa shape index (κ2) is 5.14. The van der Waals surface area contributed by atoms with Crippen LogP contribution < -0.4 is 0 Å². The average molecular weight is 252 g/mol. The van der Waals surface area contributed by atoms with E-state index >= 15 is 0 Å². The van der Waals surface area contributed by atoms with Gasteiger partial charge in [0.05, 0.1) is 18.2 Å². The fourth-order valence-corrected chi connectivity index (χ4v) is 1.95. The van der Waals surface area contributed by atoms with E-state index in [4.69, 9.17) is 4.43 Å². The van der Waals surface area contributed by atoms with Gasteiger partial charge in [0.1, 0.15) is 0 Å². The largest absolute Gasteiger partial charge is 0.516 e. The number of methoxy groups -OCH3 is 1. The molecule has 1 aromatic rings. The molecule has 4 nitrogen and oxygen atoms in total. The number of hydrogen-bond donors (Lipinski definition) is 0. The zero-order valence-electron chi connectivity index (χ0n) is 10.4. The van der Waals surface area contributed by atoms with Crippen molar-refractivity contribution in [2.75, 3.05) is 7.11 Å². The monoisotopic (exact) mass is 252 g/mol. The molecule has 0 radical (unpaired) electrons. The Bertz CT molecular complexity index is 434. The molecule has 17 heavy (non-hydrogen) atoms. The standard InChI is InChI=1S/C12H16O4Si/c1-15-11(13)9-7-5-6-8-10(9)12(14)16-17(2,3)4/h5-8H,1-4H3. The summed E-state index contributed by atoms with van der Waals surface area (Å²) >= 11 is 0. The minimum absolute atomic E-state index is 0.234. The van der Waals surface area contributed by atoms with Crippen molar-refractivity contribution in [3.05, 3.63) is 35.4 Å². The Kier molecular flexibility index (Phi) is 4.06. The second-order valence-electron chi connectivity index (χ2n) is 4.54. The Morgan fingerprint density at radius 2 is 1.47 bits per heavy atom. The molecule has 0 atom stereocenters. The normalized spacial score (nSPS) is 10.8. The van der Waals surface area contributed by atoms with Crippen LogP contribution in [0.25, 0.3) is 0 Å². The summed E-state index contributed by atoms with van der Waals surface area (Å²) in [7, 11) is -0.692. The van der Waals surface area contributed by atoms with E-state index in [1.54, 1.807) is 24.3 Å². The average Bonchev–Trinajstić information content (AvgIpc) is 2.25. The molecule has 0 unspecified atom stereocenters. The fraction of sp³-hybridized carbons (Fsp3) is 0.333. The van der Waals surface area contributed by atoms with Crippen LogP contribution in [0.4, 0.5) is 0 Å². The summed E-state index contributed by atoms with van der Waals surface area (Å²) in [6, 6.07) is 6.48. The van der Waals surface area contributed by atoms with E-state index in [1.807, 2.05) is 19.6 Å². The number of ether oxygens (including phenoxy) is 1. The summed E-state index contributed by atoms with van der Waals surface area (Å²) < 4.78 is 9.97. The van der Waals surface area contributed by atoms with Crippen molar-refractivity contribution in [1.29, 1.82) is 0 Å². The third kappa shape index (κ3) is 3.71. The van der Waals surface area contributed by atoms with Gasteiger partial charge >= 0.3 is 11.9 Å². The zero-order valence-corrected chi connectivity index (χ0v) is 11.4. The summed E-state index contributed by atoms with van der Waals surface area (Å²) in [5, 5.41) is 0. The number of carbonyl (C=O) groups is 2. The van der Waals surface area contributed by atoms with Crippen molar-refractivity contribution < 1.29 is 18.8 Å². The molecule has 0 saturated carbocycles. The zero-order chi connectivity index (χ0) is 13.1. The molecule has 0 amide bonds. The summed E-state index contributed by atoms with van der Waals surface area (Å²) in [6.07, 6.45) is 0. The molecule has 0 spiro atoms. The Morgan fingerprint density at radius 3 is 1.88 bits per heavy atom. The predicted octanol–water partition coefficient (Wildman–Crippen LogP) is 2.46. The van der Waals surface area contributed by atoms with Gasteiger partial charge in [-0.2, -0.15) is 0 Å². The molecule has 0 heterocycles. The fourth-order valence-electron chi connectivity index (χ4n) is 1.28. The lowest BCUT2D eigenvalue weighted by molar-refractivity contribution is 0.0586. The van der Waals surface area contributed by atoms with E-state index in [2.05, 4.69) is 4.74 Å². The van der Waals surface area contributed by atoms with E-state index in [-0.39, 0.29) is 11.1 Å². The molecule has 0 bridgehead atoms. The molecule has 0 saturated heterocycles. The first-order chi connectivity index (χ1) is 7.85. The Hall–Kier alpha value is -1.62. The maximum atomic E-state index is 11.9. The first kappa shape index (κ1) is 13.4. The maximum Gasteiger partial charge on any atom is 0.338 e. The van der Waals surface area contributed by atoms with E-state index in [0.717, 1.165) is 0 Å². The highest BCUT2D eigenvalue weighted by Crippen LogP contribution is 2.14. The van der Waals surface area contributed by atoms with Crippen LogP contribution in [0.3, 0.4) is 0 Å². The van der Waals surface area contributed by atoms with Crippen molar-refractivity contribution in [1.82, 2.24) is 0 Å². The molecule has 0 fully saturated rings. The van der Waals surface area contributed by atoms with Gasteiger partial charge in [-0.05, 0) is 31.8 Å². The topological polar surface area (TPSA) is 52.6 Å². The van der Waals surface area contributed by atoms with Gasteiger partial charge in [-0.15, -0.1) is 0 Å². The number of benzene rings is 1. The number of esters is 1. The van der Waals surface area contributed by atoms with Crippen LogP contribution >= 0.6 is 0 Å². The highest BCUT2D eigenvalue weighted by atomic mass is 28.4. The molecule has 0 aliphatic carbocycles. The van der Waals surface area contributed by atoms with Gasteiger partial charge in [-0.3, -0.25) is 0 Å². The third-order valence-corrected chi connectivity index (χ3v) is 2.75. The number of rotatable bonds is 3. The molecule has 1 aromatic carbocycles. The lowest BCUT2D eigenvalue weighted by atomic mass is 10.1. The van der Waals surface area contributed by atoms with Gasteiger partial charge in [0.25, 0.3) is 0 Å². The third-order valence-electron chi connectivity index (χ3n) is 1.95. The smallest absolute Gasteiger partial charge is 0.338 e. The summed E-state index contributed by atoms with van der Waals surface area (Å²) in [4.78, 5) is 23.4. The van der Waals surface area contributed by atoms with Gasteiger partial charge in [0.2, 0.25) is 8.32 Å². The highest BCUT2D eigenvalue weighted by molar-refractivity contribution is 6.71. The van der Waals surface area contributed by atoms with Crippen molar-refractivity contribution in [2.45, 2.75) is 19.6 Å². The van der Waals surface area contributed by atoms with Gasteiger partial charge in [0.15, 0.2) is 0 Å². The van der Waals surface area contributed by atoms with E-state index in [9.17, 15) is 9.59 Å². The first-order valence-electron chi connectivity index (χ1n) is 5.26. The first-order valence-corrected chi connectivity index (χ1v) is 8.66. The van der Waals surface area contributed by atoms with E-state index in [1.165, 1.54) is 7.11 Å². The van der Waals surface area contributed by atoms with Crippen LogP contribution in [-0.4, -0.2) is 27.4 Å². The molecular weight excluding hydrogens is 236 g/mol. The molecule has 0 aliphatic heterocycles. The molecule has 1 rings (SSSR count). The Labute approximate surface area is 102 Å². The SMILES string of the molecule is COC(=O)c1ccccc1C(=O)O[Si](C)(C)C. The van der Waals surface area contributed by atoms with Gasteiger partial charge in [0, 0.05) is 0 Å².